The summed E-state index contributed by atoms with van der Waals surface area (Å²) in [6.45, 7) is 6.57. The van der Waals surface area contributed by atoms with Crippen LogP contribution in [-0.2, 0) is 0 Å². The predicted molar refractivity (Wildman–Crippen MR) is 58.2 cm³/mol. The van der Waals surface area contributed by atoms with Crippen molar-refractivity contribution in [3.8, 4) is 17.4 Å². The molecule has 0 unspecified atom stereocenters. The van der Waals surface area contributed by atoms with Gasteiger partial charge in [-0.15, -0.1) is 0 Å². The van der Waals surface area contributed by atoms with Gasteiger partial charge in [0.1, 0.15) is 19.9 Å². The number of ether oxygens (including phenoxy) is 1. The third-order valence-electron chi connectivity index (χ3n) is 1.34. The van der Waals surface area contributed by atoms with Crippen molar-refractivity contribution in [2.45, 2.75) is 19.6 Å². The van der Waals surface area contributed by atoms with Gasteiger partial charge in [0.05, 0.1) is 0 Å². The first-order valence-corrected chi connectivity index (χ1v) is 7.82. The zero-order valence-electron chi connectivity index (χ0n) is 8.29. The summed E-state index contributed by atoms with van der Waals surface area (Å²) in [5, 5.41) is 0. The van der Waals surface area contributed by atoms with Gasteiger partial charge >= 0.3 is 0 Å². The number of hydrogen-bond acceptors (Lipinski definition) is 1. The van der Waals surface area contributed by atoms with Crippen LogP contribution < -0.4 is 4.74 Å². The number of rotatable bonds is 1. The maximum absolute atomic E-state index is 5.26. The van der Waals surface area contributed by atoms with Gasteiger partial charge in [0.2, 0.25) is 0 Å². The highest BCUT2D eigenvalue weighted by molar-refractivity contribution is 6.83. The number of para-hydroxylation sites is 1. The smallest absolute Gasteiger partial charge is 0.140 e. The molecule has 0 bridgehead atoms. The molecule has 0 aliphatic rings. The van der Waals surface area contributed by atoms with E-state index in [1.807, 2.05) is 30.3 Å². The second kappa shape index (κ2) is 4.15. The summed E-state index contributed by atoms with van der Waals surface area (Å²) in [5.41, 5.74) is 3.14. The molecular formula is C11H14OSi. The maximum atomic E-state index is 5.26. The second-order valence-electron chi connectivity index (χ2n) is 3.89. The van der Waals surface area contributed by atoms with Gasteiger partial charge in [-0.25, -0.2) is 0 Å². The lowest BCUT2D eigenvalue weighted by Gasteiger charge is -2.02. The average Bonchev–Trinajstić information content (AvgIpc) is 2.04. The van der Waals surface area contributed by atoms with Crippen LogP contribution in [0.2, 0.25) is 19.6 Å². The Hall–Kier alpha value is -1.20. The highest BCUT2D eigenvalue weighted by atomic mass is 28.3. The van der Waals surface area contributed by atoms with E-state index < -0.39 is 8.07 Å². The molecule has 68 valence electrons. The Morgan fingerprint density at radius 2 is 1.69 bits per heavy atom. The van der Waals surface area contributed by atoms with Crippen molar-refractivity contribution < 1.29 is 4.74 Å². The summed E-state index contributed by atoms with van der Waals surface area (Å²) in [4.78, 5) is 0. The lowest BCUT2D eigenvalue weighted by molar-refractivity contribution is 0.520. The van der Waals surface area contributed by atoms with Crippen LogP contribution in [0.3, 0.4) is 0 Å². The molecule has 0 radical (unpaired) electrons. The molecule has 0 N–H and O–H groups in total. The molecule has 0 fully saturated rings. The van der Waals surface area contributed by atoms with E-state index in [1.54, 1.807) is 0 Å². The summed E-state index contributed by atoms with van der Waals surface area (Å²) in [5.74, 6) is 0.813. The molecule has 2 heteroatoms. The van der Waals surface area contributed by atoms with Gasteiger partial charge in [-0.1, -0.05) is 43.4 Å². The van der Waals surface area contributed by atoms with E-state index in [1.165, 1.54) is 0 Å². The fourth-order valence-electron chi connectivity index (χ4n) is 0.726. The molecule has 0 aliphatic heterocycles. The fourth-order valence-corrected chi connectivity index (χ4v) is 1.08. The van der Waals surface area contributed by atoms with Crippen LogP contribution in [0.1, 0.15) is 0 Å². The minimum Gasteiger partial charge on any atom is -0.408 e. The molecule has 1 nitrogen and oxygen atoms in total. The van der Waals surface area contributed by atoms with E-state index >= 15 is 0 Å². The van der Waals surface area contributed by atoms with Gasteiger partial charge in [0, 0.05) is 0 Å². The largest absolute Gasteiger partial charge is 0.408 e. The molecule has 0 heterocycles. The molecule has 0 aromatic heterocycles. The Bertz CT molecular complexity index is 313. The summed E-state index contributed by atoms with van der Waals surface area (Å²) < 4.78 is 5.26. The van der Waals surface area contributed by atoms with Crippen molar-refractivity contribution in [1.82, 2.24) is 0 Å². The van der Waals surface area contributed by atoms with Gasteiger partial charge in [0.15, 0.2) is 0 Å². The van der Waals surface area contributed by atoms with E-state index in [9.17, 15) is 0 Å². The molecular weight excluding hydrogens is 176 g/mol. The highest BCUT2D eigenvalue weighted by Gasteiger charge is 2.07. The van der Waals surface area contributed by atoms with Crippen LogP contribution in [0, 0.1) is 11.7 Å². The molecule has 1 aromatic rings. The van der Waals surface area contributed by atoms with Crippen LogP contribution in [0.25, 0.3) is 0 Å². The highest BCUT2D eigenvalue weighted by Crippen LogP contribution is 2.07. The second-order valence-corrected chi connectivity index (χ2v) is 8.64. The van der Waals surface area contributed by atoms with Crippen LogP contribution in [0.15, 0.2) is 30.3 Å². The average molecular weight is 190 g/mol. The molecule has 1 aromatic carbocycles. The third-order valence-corrected chi connectivity index (χ3v) is 2.19. The molecule has 0 aliphatic carbocycles. The Balaban J connectivity index is 2.56. The lowest BCUT2D eigenvalue weighted by Crippen LogP contribution is -2.16. The van der Waals surface area contributed by atoms with Gasteiger partial charge < -0.3 is 4.74 Å². The number of hydrogen-bond donors (Lipinski definition) is 0. The first-order chi connectivity index (χ1) is 6.08. The molecule has 13 heavy (non-hydrogen) atoms. The van der Waals surface area contributed by atoms with E-state index in [0.29, 0.717) is 0 Å². The van der Waals surface area contributed by atoms with Crippen molar-refractivity contribution in [3.63, 3.8) is 0 Å². The quantitative estimate of drug-likeness (QED) is 0.489. The molecule has 0 atom stereocenters. The molecule has 0 saturated heterocycles. The molecule has 1 rings (SSSR count). The normalized spacial score (nSPS) is 10.1. The minimum absolute atomic E-state index is 0.813. The summed E-state index contributed by atoms with van der Waals surface area (Å²) >= 11 is 0. The lowest BCUT2D eigenvalue weighted by atomic mass is 10.3. The Labute approximate surface area is 80.7 Å². The first-order valence-electron chi connectivity index (χ1n) is 4.32. The van der Waals surface area contributed by atoms with Crippen LogP contribution in [-0.4, -0.2) is 8.07 Å². The van der Waals surface area contributed by atoms with Crippen molar-refractivity contribution >= 4 is 8.07 Å². The predicted octanol–water partition coefficient (Wildman–Crippen LogP) is 2.90. The van der Waals surface area contributed by atoms with Crippen LogP contribution in [0.5, 0.6) is 5.75 Å². The van der Waals surface area contributed by atoms with Crippen LogP contribution >= 0.6 is 0 Å². The topological polar surface area (TPSA) is 9.23 Å². The maximum Gasteiger partial charge on any atom is 0.140 e. The summed E-state index contributed by atoms with van der Waals surface area (Å²) in [6, 6.07) is 9.63. The monoisotopic (exact) mass is 190 g/mol. The van der Waals surface area contributed by atoms with Gasteiger partial charge in [-0.3, -0.25) is 0 Å². The van der Waals surface area contributed by atoms with E-state index in [0.717, 1.165) is 5.75 Å². The summed E-state index contributed by atoms with van der Waals surface area (Å²) in [6.07, 6.45) is 2.75. The fraction of sp³-hybridized carbons (Fsp3) is 0.273. The van der Waals surface area contributed by atoms with E-state index in [2.05, 4.69) is 31.3 Å². The third kappa shape index (κ3) is 4.39. The SMILES string of the molecule is C[Si](C)(C)C#COc1ccccc1. The standard InChI is InChI=1S/C11H14OSi/c1-13(2,3)10-9-12-11-7-5-4-6-8-11/h4-8H,1-3H3. The number of benzene rings is 1. The Morgan fingerprint density at radius 3 is 2.23 bits per heavy atom. The van der Waals surface area contributed by atoms with Crippen molar-refractivity contribution in [2.24, 2.45) is 0 Å². The zero-order valence-corrected chi connectivity index (χ0v) is 9.29. The minimum atomic E-state index is -1.30. The Morgan fingerprint density at radius 1 is 1.08 bits per heavy atom. The van der Waals surface area contributed by atoms with Crippen molar-refractivity contribution in [1.29, 1.82) is 0 Å². The Kier molecular flexibility index (Phi) is 3.16. The molecule has 0 saturated carbocycles. The van der Waals surface area contributed by atoms with Gasteiger partial charge in [-0.2, -0.15) is 0 Å². The van der Waals surface area contributed by atoms with Crippen molar-refractivity contribution in [2.75, 3.05) is 0 Å². The zero-order chi connectivity index (χ0) is 9.73. The van der Waals surface area contributed by atoms with E-state index in [4.69, 9.17) is 4.74 Å². The van der Waals surface area contributed by atoms with Crippen molar-refractivity contribution in [3.05, 3.63) is 30.3 Å². The van der Waals surface area contributed by atoms with Gasteiger partial charge in [-0.05, 0) is 12.1 Å². The molecule has 0 amide bonds. The molecule has 0 spiro atoms. The van der Waals surface area contributed by atoms with Gasteiger partial charge in [0.25, 0.3) is 0 Å². The van der Waals surface area contributed by atoms with Crippen LogP contribution in [0.4, 0.5) is 0 Å². The first kappa shape index (κ1) is 9.88. The summed E-state index contributed by atoms with van der Waals surface area (Å²) in [7, 11) is -1.30. The van der Waals surface area contributed by atoms with E-state index in [-0.39, 0.29) is 0 Å².